The van der Waals surface area contributed by atoms with E-state index >= 15 is 0 Å². The van der Waals surface area contributed by atoms with Crippen LogP contribution in [0.1, 0.15) is 31.9 Å². The summed E-state index contributed by atoms with van der Waals surface area (Å²) in [6.07, 6.45) is 2.93. The summed E-state index contributed by atoms with van der Waals surface area (Å²) in [6, 6.07) is 6.90. The molecule has 5 nitrogen and oxygen atoms in total. The highest BCUT2D eigenvalue weighted by Crippen LogP contribution is 2.23. The summed E-state index contributed by atoms with van der Waals surface area (Å²) in [5.74, 6) is -1.29. The number of urea groups is 1. The van der Waals surface area contributed by atoms with Gasteiger partial charge in [0.25, 0.3) is 11.8 Å². The molecular formula is C18H20N2O3. The second kappa shape index (κ2) is 6.20. The van der Waals surface area contributed by atoms with Gasteiger partial charge in [-0.25, -0.2) is 4.79 Å². The van der Waals surface area contributed by atoms with Gasteiger partial charge in [0, 0.05) is 6.54 Å². The second-order valence-electron chi connectivity index (χ2n) is 6.39. The highest BCUT2D eigenvalue weighted by molar-refractivity contribution is 6.31. The van der Waals surface area contributed by atoms with Gasteiger partial charge in [-0.05, 0) is 22.6 Å². The number of nitrogens with zero attached hydrogens (tertiary/aromatic N) is 1. The maximum absolute atomic E-state index is 12.3. The Labute approximate surface area is 135 Å². The van der Waals surface area contributed by atoms with Gasteiger partial charge in [-0.2, -0.15) is 0 Å². The molecule has 2 rings (SSSR count). The zero-order valence-electron chi connectivity index (χ0n) is 13.6. The van der Waals surface area contributed by atoms with Crippen molar-refractivity contribution < 1.29 is 14.4 Å². The molecule has 23 heavy (non-hydrogen) atoms. The number of hydrogen-bond acceptors (Lipinski definition) is 3. The summed E-state index contributed by atoms with van der Waals surface area (Å²) in [4.78, 5) is 36.8. The molecule has 1 aliphatic rings. The molecule has 0 spiro atoms. The van der Waals surface area contributed by atoms with Crippen LogP contribution in [-0.4, -0.2) is 29.3 Å². The van der Waals surface area contributed by atoms with E-state index in [0.717, 1.165) is 16.0 Å². The number of amides is 4. The molecule has 1 fully saturated rings. The topological polar surface area (TPSA) is 66.5 Å². The molecule has 0 aliphatic carbocycles. The Morgan fingerprint density at radius 3 is 2.26 bits per heavy atom. The lowest BCUT2D eigenvalue weighted by atomic mass is 9.86. The smallest absolute Gasteiger partial charge is 0.273 e. The Hall–Kier alpha value is -2.69. The van der Waals surface area contributed by atoms with Crippen LogP contribution in [0, 0.1) is 0 Å². The Kier molecular flexibility index (Phi) is 4.50. The van der Waals surface area contributed by atoms with E-state index in [2.05, 4.69) is 32.7 Å². The number of nitrogens with one attached hydrogen (secondary N) is 1. The molecule has 1 heterocycles. The van der Waals surface area contributed by atoms with E-state index in [4.69, 9.17) is 0 Å². The molecule has 0 aromatic heterocycles. The van der Waals surface area contributed by atoms with Crippen molar-refractivity contribution in [2.75, 3.05) is 6.54 Å². The number of carbonyl (C=O) groups is 3. The van der Waals surface area contributed by atoms with Crippen molar-refractivity contribution in [2.45, 2.75) is 26.2 Å². The Morgan fingerprint density at radius 1 is 1.13 bits per heavy atom. The van der Waals surface area contributed by atoms with Crippen LogP contribution >= 0.6 is 0 Å². The third-order valence-electron chi connectivity index (χ3n) is 3.59. The van der Waals surface area contributed by atoms with Gasteiger partial charge in [-0.15, -0.1) is 6.58 Å². The van der Waals surface area contributed by atoms with Gasteiger partial charge in [-0.1, -0.05) is 51.1 Å². The molecule has 0 radical (unpaired) electrons. The van der Waals surface area contributed by atoms with Crippen LogP contribution in [-0.2, 0) is 15.0 Å². The van der Waals surface area contributed by atoms with E-state index in [1.807, 2.05) is 24.3 Å². The summed E-state index contributed by atoms with van der Waals surface area (Å²) >= 11 is 0. The number of rotatable bonds is 3. The van der Waals surface area contributed by atoms with Crippen LogP contribution in [0.5, 0.6) is 0 Å². The van der Waals surface area contributed by atoms with Gasteiger partial charge in [0.2, 0.25) is 0 Å². The van der Waals surface area contributed by atoms with Gasteiger partial charge in [0.1, 0.15) is 5.57 Å². The standard InChI is InChI=1S/C18H20N2O3/c1-5-10-20-16(22)14(15(21)19-17(20)23)11-12-6-8-13(9-7-12)18(2,3)4/h5-9,11H,1,10H2,2-4H3,(H,19,21,23)/b14-11-. The van der Waals surface area contributed by atoms with Gasteiger partial charge in [0.15, 0.2) is 0 Å². The third-order valence-corrected chi connectivity index (χ3v) is 3.59. The highest BCUT2D eigenvalue weighted by atomic mass is 16.2. The lowest BCUT2D eigenvalue weighted by molar-refractivity contribution is -0.129. The van der Waals surface area contributed by atoms with Crippen molar-refractivity contribution in [3.63, 3.8) is 0 Å². The largest absolute Gasteiger partial charge is 0.331 e. The molecule has 1 N–H and O–H groups in total. The van der Waals surface area contributed by atoms with Crippen LogP contribution in [0.25, 0.3) is 6.08 Å². The Bertz CT molecular complexity index is 694. The van der Waals surface area contributed by atoms with Crippen molar-refractivity contribution in [1.82, 2.24) is 10.2 Å². The lowest BCUT2D eigenvalue weighted by Crippen LogP contribution is -2.54. The first-order chi connectivity index (χ1) is 10.7. The monoisotopic (exact) mass is 312 g/mol. The molecule has 1 saturated heterocycles. The van der Waals surface area contributed by atoms with Crippen LogP contribution in [0.4, 0.5) is 4.79 Å². The fourth-order valence-corrected chi connectivity index (χ4v) is 2.23. The molecule has 0 bridgehead atoms. The SMILES string of the molecule is C=CCN1C(=O)NC(=O)/C(=C/c2ccc(C(C)(C)C)cc2)C1=O. The minimum atomic E-state index is -0.722. The number of barbiturate groups is 1. The molecule has 1 aromatic rings. The average Bonchev–Trinajstić information content (AvgIpc) is 2.47. The summed E-state index contributed by atoms with van der Waals surface area (Å²) < 4.78 is 0. The zero-order valence-corrected chi connectivity index (χ0v) is 13.6. The maximum Gasteiger partial charge on any atom is 0.331 e. The minimum absolute atomic E-state index is 0.0247. The Balaban J connectivity index is 2.33. The molecule has 0 saturated carbocycles. The van der Waals surface area contributed by atoms with Crippen molar-refractivity contribution in [1.29, 1.82) is 0 Å². The third kappa shape index (κ3) is 3.56. The zero-order chi connectivity index (χ0) is 17.2. The fourth-order valence-electron chi connectivity index (χ4n) is 2.23. The molecule has 1 aliphatic heterocycles. The average molecular weight is 312 g/mol. The number of hydrogen-bond donors (Lipinski definition) is 1. The fraction of sp³-hybridized carbons (Fsp3) is 0.278. The van der Waals surface area contributed by atoms with Gasteiger partial charge in [-0.3, -0.25) is 19.8 Å². The van der Waals surface area contributed by atoms with Gasteiger partial charge >= 0.3 is 6.03 Å². The van der Waals surface area contributed by atoms with E-state index < -0.39 is 17.8 Å². The van der Waals surface area contributed by atoms with Crippen molar-refractivity contribution in [3.05, 3.63) is 53.6 Å². The second-order valence-corrected chi connectivity index (χ2v) is 6.39. The molecule has 1 aromatic carbocycles. The Morgan fingerprint density at radius 2 is 1.74 bits per heavy atom. The van der Waals surface area contributed by atoms with Crippen molar-refractivity contribution in [2.24, 2.45) is 0 Å². The number of carbonyl (C=O) groups excluding carboxylic acids is 3. The highest BCUT2D eigenvalue weighted by Gasteiger charge is 2.34. The van der Waals surface area contributed by atoms with Gasteiger partial charge < -0.3 is 0 Å². The van der Waals surface area contributed by atoms with E-state index in [-0.39, 0.29) is 17.5 Å². The van der Waals surface area contributed by atoms with E-state index in [9.17, 15) is 14.4 Å². The molecule has 4 amide bonds. The van der Waals surface area contributed by atoms with Crippen LogP contribution in [0.2, 0.25) is 0 Å². The summed E-state index contributed by atoms with van der Waals surface area (Å²) in [6.45, 7) is 9.89. The first-order valence-corrected chi connectivity index (χ1v) is 7.34. The maximum atomic E-state index is 12.3. The number of benzene rings is 1. The van der Waals surface area contributed by atoms with Gasteiger partial charge in [0.05, 0.1) is 0 Å². The van der Waals surface area contributed by atoms with Crippen LogP contribution in [0.15, 0.2) is 42.5 Å². The summed E-state index contributed by atoms with van der Waals surface area (Å²) in [5, 5.41) is 2.16. The predicted octanol–water partition coefficient (Wildman–Crippen LogP) is 2.63. The molecule has 120 valence electrons. The quantitative estimate of drug-likeness (QED) is 0.530. The molecular weight excluding hydrogens is 292 g/mol. The van der Waals surface area contributed by atoms with E-state index in [1.165, 1.54) is 12.2 Å². The first kappa shape index (κ1) is 16.7. The van der Waals surface area contributed by atoms with E-state index in [1.54, 1.807) is 0 Å². The van der Waals surface area contributed by atoms with Crippen molar-refractivity contribution >= 4 is 23.9 Å². The molecule has 0 unspecified atom stereocenters. The minimum Gasteiger partial charge on any atom is -0.273 e. The summed E-state index contributed by atoms with van der Waals surface area (Å²) in [7, 11) is 0. The summed E-state index contributed by atoms with van der Waals surface area (Å²) in [5.41, 5.74) is 1.85. The predicted molar refractivity (Wildman–Crippen MR) is 88.6 cm³/mol. The normalized spacial score (nSPS) is 17.4. The first-order valence-electron chi connectivity index (χ1n) is 7.34. The number of imide groups is 2. The van der Waals surface area contributed by atoms with Crippen LogP contribution in [0.3, 0.4) is 0 Å². The molecule has 0 atom stereocenters. The van der Waals surface area contributed by atoms with Crippen LogP contribution < -0.4 is 5.32 Å². The molecule has 5 heteroatoms. The van der Waals surface area contributed by atoms with Crippen molar-refractivity contribution in [3.8, 4) is 0 Å². The van der Waals surface area contributed by atoms with E-state index in [0.29, 0.717) is 0 Å². The lowest BCUT2D eigenvalue weighted by Gasteiger charge is -2.25.